The molecule has 0 aromatic heterocycles. The van der Waals surface area contributed by atoms with Gasteiger partial charge in [0, 0.05) is 5.56 Å². The second kappa shape index (κ2) is 4.03. The van der Waals surface area contributed by atoms with Crippen molar-refractivity contribution in [1.82, 2.24) is 0 Å². The second-order valence-corrected chi connectivity index (χ2v) is 4.52. The zero-order chi connectivity index (χ0) is 12.5. The minimum atomic E-state index is -4.49. The first-order chi connectivity index (χ1) is 7.27. The third-order valence-corrected chi connectivity index (χ3v) is 2.84. The summed E-state index contributed by atoms with van der Waals surface area (Å²) in [5, 5.41) is 8.78. The molecule has 1 aromatic carbocycles. The van der Waals surface area contributed by atoms with Gasteiger partial charge in [0.1, 0.15) is 0 Å². The quantitative estimate of drug-likeness (QED) is 0.600. The predicted octanol–water partition coefficient (Wildman–Crippen LogP) is 0.752. The Morgan fingerprint density at radius 2 is 1.94 bits per heavy atom. The zero-order valence-corrected chi connectivity index (χ0v) is 8.98. The van der Waals surface area contributed by atoms with Crippen LogP contribution in [0.2, 0.25) is 0 Å². The van der Waals surface area contributed by atoms with Crippen molar-refractivity contribution in [3.05, 3.63) is 28.8 Å². The number of hydrogen-bond donors (Lipinski definition) is 2. The fourth-order valence-electron chi connectivity index (χ4n) is 1.25. The molecule has 6 nitrogen and oxygen atoms in total. The summed E-state index contributed by atoms with van der Waals surface area (Å²) in [7, 11) is -4.49. The minimum absolute atomic E-state index is 0.111. The van der Waals surface area contributed by atoms with Gasteiger partial charge in [-0.1, -0.05) is 0 Å². The number of aryl methyl sites for hydroxylation is 1. The van der Waals surface area contributed by atoms with E-state index in [4.69, 9.17) is 9.66 Å². The molecular formula is C9H8O6S. The summed E-state index contributed by atoms with van der Waals surface area (Å²) in [6, 6.07) is 1.78. The van der Waals surface area contributed by atoms with Gasteiger partial charge in [-0.25, -0.2) is 4.79 Å². The highest BCUT2D eigenvalue weighted by Crippen LogP contribution is 2.19. The van der Waals surface area contributed by atoms with Crippen LogP contribution in [0.1, 0.15) is 26.3 Å². The summed E-state index contributed by atoms with van der Waals surface area (Å²) < 4.78 is 30.4. The lowest BCUT2D eigenvalue weighted by Crippen LogP contribution is -2.08. The van der Waals surface area contributed by atoms with Crippen LogP contribution in [-0.2, 0) is 10.1 Å². The molecule has 7 heteroatoms. The van der Waals surface area contributed by atoms with Crippen molar-refractivity contribution < 1.29 is 27.7 Å². The standard InChI is InChI=1S/C9H8O6S/c1-5-2-6(16(13,14)15)3-7(9(11)12)8(5)4-10/h2-4H,1H3,(H,11,12)(H,13,14,15). The van der Waals surface area contributed by atoms with E-state index in [1.54, 1.807) is 0 Å². The zero-order valence-electron chi connectivity index (χ0n) is 8.17. The number of aromatic carboxylic acids is 1. The van der Waals surface area contributed by atoms with E-state index in [-0.39, 0.29) is 11.1 Å². The van der Waals surface area contributed by atoms with E-state index in [0.29, 0.717) is 6.29 Å². The number of carbonyl (C=O) groups is 2. The van der Waals surface area contributed by atoms with Crippen LogP contribution < -0.4 is 0 Å². The van der Waals surface area contributed by atoms with Crippen molar-refractivity contribution in [3.8, 4) is 0 Å². The maximum atomic E-state index is 10.8. The van der Waals surface area contributed by atoms with E-state index in [9.17, 15) is 18.0 Å². The number of benzene rings is 1. The molecule has 0 aliphatic carbocycles. The first-order valence-electron chi connectivity index (χ1n) is 4.08. The summed E-state index contributed by atoms with van der Waals surface area (Å²) >= 11 is 0. The highest BCUT2D eigenvalue weighted by atomic mass is 32.2. The summed E-state index contributed by atoms with van der Waals surface area (Å²) in [5.74, 6) is -1.43. The molecule has 0 radical (unpaired) electrons. The third-order valence-electron chi connectivity index (χ3n) is 2.01. The average molecular weight is 244 g/mol. The number of rotatable bonds is 3. The van der Waals surface area contributed by atoms with E-state index >= 15 is 0 Å². The van der Waals surface area contributed by atoms with Gasteiger partial charge < -0.3 is 5.11 Å². The lowest BCUT2D eigenvalue weighted by Gasteiger charge is -2.06. The third kappa shape index (κ3) is 2.26. The van der Waals surface area contributed by atoms with Crippen molar-refractivity contribution >= 4 is 22.4 Å². The molecule has 0 fully saturated rings. The summed E-state index contributed by atoms with van der Waals surface area (Å²) in [4.78, 5) is 20.9. The van der Waals surface area contributed by atoms with Gasteiger partial charge in [-0.3, -0.25) is 9.35 Å². The van der Waals surface area contributed by atoms with Crippen LogP contribution in [0.3, 0.4) is 0 Å². The van der Waals surface area contributed by atoms with Crippen LogP contribution in [-0.4, -0.2) is 30.3 Å². The smallest absolute Gasteiger partial charge is 0.336 e. The summed E-state index contributed by atoms with van der Waals surface area (Å²) in [6.45, 7) is 1.38. The maximum absolute atomic E-state index is 10.8. The lowest BCUT2D eigenvalue weighted by molar-refractivity contribution is 0.0693. The lowest BCUT2D eigenvalue weighted by atomic mass is 10.0. The molecule has 0 heterocycles. The Balaban J connectivity index is 3.65. The van der Waals surface area contributed by atoms with Gasteiger partial charge in [-0.05, 0) is 24.6 Å². The highest BCUT2D eigenvalue weighted by Gasteiger charge is 2.18. The minimum Gasteiger partial charge on any atom is -0.478 e. The van der Waals surface area contributed by atoms with E-state index in [0.717, 1.165) is 12.1 Å². The number of aldehydes is 1. The molecular weight excluding hydrogens is 236 g/mol. The molecule has 0 aliphatic rings. The molecule has 0 unspecified atom stereocenters. The first-order valence-corrected chi connectivity index (χ1v) is 5.52. The van der Waals surface area contributed by atoms with Crippen molar-refractivity contribution in [2.45, 2.75) is 11.8 Å². The Bertz CT molecular complexity index is 558. The molecule has 1 aromatic rings. The SMILES string of the molecule is Cc1cc(S(=O)(=O)O)cc(C(=O)O)c1C=O. The number of carboxylic acids is 1. The van der Waals surface area contributed by atoms with Crippen LogP contribution in [0.25, 0.3) is 0 Å². The average Bonchev–Trinajstić information content (AvgIpc) is 2.14. The summed E-state index contributed by atoms with van der Waals surface area (Å²) in [5.41, 5.74) is -0.398. The van der Waals surface area contributed by atoms with Gasteiger partial charge in [0.05, 0.1) is 10.5 Å². The normalized spacial score (nSPS) is 11.1. The van der Waals surface area contributed by atoms with Crippen molar-refractivity contribution in [3.63, 3.8) is 0 Å². The number of carboxylic acid groups (broad SMARTS) is 1. The maximum Gasteiger partial charge on any atom is 0.336 e. The van der Waals surface area contributed by atoms with E-state index in [2.05, 4.69) is 0 Å². The highest BCUT2D eigenvalue weighted by molar-refractivity contribution is 7.85. The van der Waals surface area contributed by atoms with Crippen LogP contribution in [0.15, 0.2) is 17.0 Å². The number of carbonyl (C=O) groups excluding carboxylic acids is 1. The monoisotopic (exact) mass is 244 g/mol. The Hall–Kier alpha value is -1.73. The molecule has 0 spiro atoms. The largest absolute Gasteiger partial charge is 0.478 e. The van der Waals surface area contributed by atoms with Gasteiger partial charge in [0.2, 0.25) is 0 Å². The Labute approximate surface area is 91.3 Å². The molecule has 0 aliphatic heterocycles. The number of hydrogen-bond acceptors (Lipinski definition) is 4. The van der Waals surface area contributed by atoms with Crippen LogP contribution in [0.4, 0.5) is 0 Å². The first kappa shape index (κ1) is 12.3. The molecule has 0 amide bonds. The second-order valence-electron chi connectivity index (χ2n) is 3.10. The fraction of sp³-hybridized carbons (Fsp3) is 0.111. The van der Waals surface area contributed by atoms with Crippen LogP contribution in [0.5, 0.6) is 0 Å². The fourth-order valence-corrected chi connectivity index (χ4v) is 1.84. The molecule has 0 saturated carbocycles. The van der Waals surface area contributed by atoms with E-state index in [1.165, 1.54) is 6.92 Å². The van der Waals surface area contributed by atoms with Gasteiger partial charge in [-0.15, -0.1) is 0 Å². The Morgan fingerprint density at radius 1 is 1.38 bits per heavy atom. The van der Waals surface area contributed by atoms with Crippen molar-refractivity contribution in [1.29, 1.82) is 0 Å². The van der Waals surface area contributed by atoms with Crippen molar-refractivity contribution in [2.24, 2.45) is 0 Å². The van der Waals surface area contributed by atoms with Gasteiger partial charge in [-0.2, -0.15) is 8.42 Å². The molecule has 1 rings (SSSR count). The van der Waals surface area contributed by atoms with Gasteiger partial charge in [0.25, 0.3) is 10.1 Å². The predicted molar refractivity (Wildman–Crippen MR) is 53.3 cm³/mol. The van der Waals surface area contributed by atoms with Crippen LogP contribution in [0, 0.1) is 6.92 Å². The van der Waals surface area contributed by atoms with Gasteiger partial charge >= 0.3 is 5.97 Å². The molecule has 0 saturated heterocycles. The van der Waals surface area contributed by atoms with Crippen LogP contribution >= 0.6 is 0 Å². The topological polar surface area (TPSA) is 109 Å². The summed E-state index contributed by atoms with van der Waals surface area (Å²) in [6.07, 6.45) is 0.326. The molecule has 2 N–H and O–H groups in total. The van der Waals surface area contributed by atoms with Crippen molar-refractivity contribution in [2.75, 3.05) is 0 Å². The van der Waals surface area contributed by atoms with Gasteiger partial charge in [0.15, 0.2) is 6.29 Å². The molecule has 16 heavy (non-hydrogen) atoms. The molecule has 0 bridgehead atoms. The van der Waals surface area contributed by atoms with E-state index in [1.807, 2.05) is 0 Å². The Kier molecular flexibility index (Phi) is 3.11. The Morgan fingerprint density at radius 3 is 2.31 bits per heavy atom. The molecule has 0 atom stereocenters. The van der Waals surface area contributed by atoms with E-state index < -0.39 is 26.5 Å². The molecule has 86 valence electrons.